The molecule has 4 rings (SSSR count). The molecule has 1 amide bonds. The highest BCUT2D eigenvalue weighted by molar-refractivity contribution is 5.77. The first-order valence-electron chi connectivity index (χ1n) is 12.0. The van der Waals surface area contributed by atoms with E-state index in [1.54, 1.807) is 0 Å². The summed E-state index contributed by atoms with van der Waals surface area (Å²) in [5.74, 6) is 0.129. The molecule has 2 aromatic rings. The van der Waals surface area contributed by atoms with Gasteiger partial charge in [-0.2, -0.15) is 0 Å². The number of piperazine rings is 1. The number of hydrogen-bond acceptors (Lipinski definition) is 4. The van der Waals surface area contributed by atoms with Crippen molar-refractivity contribution in [3.63, 3.8) is 0 Å². The topological polar surface area (TPSA) is 44.8 Å². The normalized spacial score (nSPS) is 21.5. The molecular formula is C27H37N3O2. The summed E-state index contributed by atoms with van der Waals surface area (Å²) < 4.78 is 6.02. The van der Waals surface area contributed by atoms with Crippen LogP contribution in [0.2, 0.25) is 0 Å². The molecule has 5 nitrogen and oxygen atoms in total. The van der Waals surface area contributed by atoms with Crippen molar-refractivity contribution in [2.45, 2.75) is 58.6 Å². The van der Waals surface area contributed by atoms with Crippen LogP contribution >= 0.6 is 0 Å². The van der Waals surface area contributed by atoms with Gasteiger partial charge in [-0.3, -0.25) is 4.79 Å². The highest BCUT2D eigenvalue weighted by Gasteiger charge is 2.25. The Kier molecular flexibility index (Phi) is 7.36. The van der Waals surface area contributed by atoms with Crippen LogP contribution in [0.4, 0.5) is 11.4 Å². The van der Waals surface area contributed by atoms with E-state index in [1.165, 1.54) is 28.1 Å². The molecule has 0 atom stereocenters. The number of nitrogens with zero attached hydrogens (tertiary/aromatic N) is 2. The molecule has 2 aliphatic rings. The van der Waals surface area contributed by atoms with E-state index in [-0.39, 0.29) is 18.6 Å². The predicted molar refractivity (Wildman–Crippen MR) is 132 cm³/mol. The van der Waals surface area contributed by atoms with E-state index >= 15 is 0 Å². The van der Waals surface area contributed by atoms with Crippen molar-refractivity contribution in [2.24, 2.45) is 0 Å². The predicted octanol–water partition coefficient (Wildman–Crippen LogP) is 4.70. The number of nitrogens with one attached hydrogen (secondary N) is 1. The van der Waals surface area contributed by atoms with Gasteiger partial charge in [-0.05, 0) is 81.8 Å². The monoisotopic (exact) mass is 435 g/mol. The standard InChI is InChI=1S/C27H37N3O2/c1-20-4-10-25(11-5-20)29-14-16-30(17-15-29)27(31)19-32-26-12-8-23(9-13-26)28-24-7-6-21(2)22(3)18-24/h4-7,10-11,18,23,26,28H,8-9,12-17,19H2,1-3H3. The molecule has 0 aromatic heterocycles. The quantitative estimate of drug-likeness (QED) is 0.714. The second kappa shape index (κ2) is 10.4. The molecule has 0 radical (unpaired) electrons. The van der Waals surface area contributed by atoms with Crippen molar-refractivity contribution in [3.05, 3.63) is 59.2 Å². The highest BCUT2D eigenvalue weighted by Crippen LogP contribution is 2.25. The lowest BCUT2D eigenvalue weighted by Gasteiger charge is -2.36. The summed E-state index contributed by atoms with van der Waals surface area (Å²) in [5.41, 5.74) is 6.37. The number of carbonyl (C=O) groups is 1. The van der Waals surface area contributed by atoms with Crippen molar-refractivity contribution in [1.82, 2.24) is 4.90 Å². The number of ether oxygens (including phenoxy) is 1. The van der Waals surface area contributed by atoms with Crippen LogP contribution in [0.25, 0.3) is 0 Å². The maximum atomic E-state index is 12.7. The Labute approximate surface area is 192 Å². The molecule has 1 aliphatic carbocycles. The van der Waals surface area contributed by atoms with E-state index < -0.39 is 0 Å². The molecule has 1 saturated carbocycles. The fourth-order valence-electron chi connectivity index (χ4n) is 4.69. The Morgan fingerprint density at radius 2 is 1.59 bits per heavy atom. The Hall–Kier alpha value is -2.53. The molecule has 1 heterocycles. The smallest absolute Gasteiger partial charge is 0.248 e. The molecule has 32 heavy (non-hydrogen) atoms. The summed E-state index contributed by atoms with van der Waals surface area (Å²) in [6.07, 6.45) is 4.39. The molecular weight excluding hydrogens is 398 g/mol. The third-order valence-electron chi connectivity index (χ3n) is 7.03. The first-order chi connectivity index (χ1) is 15.5. The van der Waals surface area contributed by atoms with Crippen molar-refractivity contribution in [3.8, 4) is 0 Å². The summed E-state index contributed by atoms with van der Waals surface area (Å²) in [6.45, 7) is 9.91. The zero-order valence-electron chi connectivity index (χ0n) is 19.8. The summed E-state index contributed by atoms with van der Waals surface area (Å²) >= 11 is 0. The maximum Gasteiger partial charge on any atom is 0.248 e. The molecule has 0 unspecified atom stereocenters. The second-order valence-corrected chi connectivity index (χ2v) is 9.43. The molecule has 172 valence electrons. The third-order valence-corrected chi connectivity index (χ3v) is 7.03. The zero-order valence-corrected chi connectivity index (χ0v) is 19.8. The Bertz CT molecular complexity index is 896. The van der Waals surface area contributed by atoms with Crippen LogP contribution in [0.15, 0.2) is 42.5 Å². The number of benzene rings is 2. The van der Waals surface area contributed by atoms with Crippen LogP contribution in [0.1, 0.15) is 42.4 Å². The molecule has 1 aliphatic heterocycles. The second-order valence-electron chi connectivity index (χ2n) is 9.43. The van der Waals surface area contributed by atoms with Gasteiger partial charge in [0.15, 0.2) is 0 Å². The van der Waals surface area contributed by atoms with Gasteiger partial charge in [0.25, 0.3) is 0 Å². The zero-order chi connectivity index (χ0) is 22.5. The molecule has 1 saturated heterocycles. The minimum Gasteiger partial charge on any atom is -0.382 e. The van der Waals surface area contributed by atoms with Gasteiger partial charge in [-0.25, -0.2) is 0 Å². The fourth-order valence-corrected chi connectivity index (χ4v) is 4.69. The fraction of sp³-hybridized carbons (Fsp3) is 0.519. The van der Waals surface area contributed by atoms with Crippen LogP contribution < -0.4 is 10.2 Å². The van der Waals surface area contributed by atoms with Gasteiger partial charge in [0.1, 0.15) is 6.61 Å². The summed E-state index contributed by atoms with van der Waals surface area (Å²) in [5, 5.41) is 3.67. The third kappa shape index (κ3) is 5.83. The molecule has 2 fully saturated rings. The van der Waals surface area contributed by atoms with Gasteiger partial charge in [-0.15, -0.1) is 0 Å². The average Bonchev–Trinajstić information content (AvgIpc) is 2.81. The number of anilines is 2. The first kappa shape index (κ1) is 22.7. The number of amides is 1. The number of aryl methyl sites for hydroxylation is 3. The van der Waals surface area contributed by atoms with E-state index in [2.05, 4.69) is 73.5 Å². The molecule has 5 heteroatoms. The van der Waals surface area contributed by atoms with Crippen LogP contribution in [0.5, 0.6) is 0 Å². The number of hydrogen-bond donors (Lipinski definition) is 1. The Morgan fingerprint density at radius 1 is 0.906 bits per heavy atom. The lowest BCUT2D eigenvalue weighted by Crippen LogP contribution is -2.50. The summed E-state index contributed by atoms with van der Waals surface area (Å²) in [4.78, 5) is 17.0. The lowest BCUT2D eigenvalue weighted by atomic mass is 9.92. The number of carbonyl (C=O) groups excluding carboxylic acids is 1. The van der Waals surface area contributed by atoms with E-state index in [4.69, 9.17) is 4.74 Å². The molecule has 0 spiro atoms. The van der Waals surface area contributed by atoms with Gasteiger partial charge in [-0.1, -0.05) is 23.8 Å². The Morgan fingerprint density at radius 3 is 2.25 bits per heavy atom. The van der Waals surface area contributed by atoms with Gasteiger partial charge < -0.3 is 19.9 Å². The molecule has 2 aromatic carbocycles. The van der Waals surface area contributed by atoms with E-state index in [0.717, 1.165) is 51.9 Å². The van der Waals surface area contributed by atoms with Crippen molar-refractivity contribution < 1.29 is 9.53 Å². The van der Waals surface area contributed by atoms with Crippen LogP contribution in [0.3, 0.4) is 0 Å². The average molecular weight is 436 g/mol. The van der Waals surface area contributed by atoms with Crippen molar-refractivity contribution >= 4 is 17.3 Å². The van der Waals surface area contributed by atoms with Crippen LogP contribution in [-0.4, -0.2) is 55.7 Å². The SMILES string of the molecule is Cc1ccc(N2CCN(C(=O)COC3CCC(Nc4ccc(C)c(C)c4)CC3)CC2)cc1. The maximum absolute atomic E-state index is 12.7. The lowest BCUT2D eigenvalue weighted by molar-refractivity contribution is -0.139. The van der Waals surface area contributed by atoms with Crippen LogP contribution in [-0.2, 0) is 9.53 Å². The summed E-state index contributed by atoms with van der Waals surface area (Å²) in [6, 6.07) is 15.7. The summed E-state index contributed by atoms with van der Waals surface area (Å²) in [7, 11) is 0. The van der Waals surface area contributed by atoms with Gasteiger partial charge >= 0.3 is 0 Å². The minimum absolute atomic E-state index is 0.129. The van der Waals surface area contributed by atoms with Crippen LogP contribution in [0, 0.1) is 20.8 Å². The van der Waals surface area contributed by atoms with Crippen molar-refractivity contribution in [1.29, 1.82) is 0 Å². The first-order valence-corrected chi connectivity index (χ1v) is 12.0. The number of rotatable bonds is 6. The van der Waals surface area contributed by atoms with E-state index in [9.17, 15) is 4.79 Å². The molecule has 1 N–H and O–H groups in total. The van der Waals surface area contributed by atoms with Gasteiger partial charge in [0, 0.05) is 43.6 Å². The van der Waals surface area contributed by atoms with E-state index in [1.807, 2.05) is 4.90 Å². The molecule has 0 bridgehead atoms. The minimum atomic E-state index is 0.129. The van der Waals surface area contributed by atoms with Gasteiger partial charge in [0.05, 0.1) is 6.10 Å². The van der Waals surface area contributed by atoms with E-state index in [0.29, 0.717) is 6.04 Å². The highest BCUT2D eigenvalue weighted by atomic mass is 16.5. The Balaban J connectivity index is 1.15. The largest absolute Gasteiger partial charge is 0.382 e. The van der Waals surface area contributed by atoms with Gasteiger partial charge in [0.2, 0.25) is 5.91 Å². The van der Waals surface area contributed by atoms with Crippen molar-refractivity contribution in [2.75, 3.05) is 43.0 Å².